The van der Waals surface area contributed by atoms with E-state index < -0.39 is 40.8 Å². The third kappa shape index (κ3) is 4.86. The van der Waals surface area contributed by atoms with Crippen LogP contribution in [0.2, 0.25) is 0 Å². The summed E-state index contributed by atoms with van der Waals surface area (Å²) >= 11 is 0. The molecule has 10 heteroatoms. The fraction of sp³-hybridized carbons (Fsp3) is 0.379. The van der Waals surface area contributed by atoms with Crippen molar-refractivity contribution in [3.05, 3.63) is 59.5 Å². The molecule has 4 aromatic rings. The van der Waals surface area contributed by atoms with Gasteiger partial charge in [0.25, 0.3) is 0 Å². The predicted molar refractivity (Wildman–Crippen MR) is 139 cm³/mol. The van der Waals surface area contributed by atoms with Gasteiger partial charge in [0, 0.05) is 29.5 Å². The van der Waals surface area contributed by atoms with Gasteiger partial charge in [0.1, 0.15) is 22.9 Å². The molecule has 5 rings (SSSR count). The summed E-state index contributed by atoms with van der Waals surface area (Å²) in [7, 11) is 1.85. The molecule has 5 nitrogen and oxygen atoms in total. The van der Waals surface area contributed by atoms with Gasteiger partial charge in [-0.2, -0.15) is 4.98 Å². The second kappa shape index (κ2) is 10.2. The van der Waals surface area contributed by atoms with E-state index in [9.17, 15) is 18.3 Å². The monoisotopic (exact) mass is 545 g/mol. The van der Waals surface area contributed by atoms with Crippen LogP contribution in [0.15, 0.2) is 36.5 Å². The molecule has 1 fully saturated rings. The largest absolute Gasteiger partial charge is 0.508 e. The minimum absolute atomic E-state index is 0.0168. The first-order chi connectivity index (χ1) is 18.5. The van der Waals surface area contributed by atoms with E-state index in [-0.39, 0.29) is 52.2 Å². The molecular formula is C29H28F5N3O2. The Labute approximate surface area is 222 Å². The van der Waals surface area contributed by atoms with Gasteiger partial charge >= 0.3 is 6.01 Å². The third-order valence-electron chi connectivity index (χ3n) is 7.70. The normalized spacial score (nSPS) is 20.3. The average Bonchev–Trinajstić information content (AvgIpc) is 2.87. The van der Waals surface area contributed by atoms with E-state index in [1.54, 1.807) is 13.8 Å². The highest BCUT2D eigenvalue weighted by molar-refractivity contribution is 6.02. The van der Waals surface area contributed by atoms with Crippen LogP contribution in [-0.2, 0) is 6.42 Å². The summed E-state index contributed by atoms with van der Waals surface area (Å²) in [6.07, 6.45) is -0.762. The first-order valence-corrected chi connectivity index (χ1v) is 12.7. The zero-order chi connectivity index (χ0) is 28.1. The van der Waals surface area contributed by atoms with Crippen LogP contribution in [-0.4, -0.2) is 53.1 Å². The van der Waals surface area contributed by atoms with E-state index in [2.05, 4.69) is 9.97 Å². The second-order valence-electron chi connectivity index (χ2n) is 10.5. The number of alkyl halides is 2. The van der Waals surface area contributed by atoms with E-state index in [0.717, 1.165) is 6.07 Å². The number of phenolic OH excluding ortho intramolecular Hbond substituents is 1. The molecule has 0 spiro atoms. The van der Waals surface area contributed by atoms with Crippen molar-refractivity contribution in [2.24, 2.45) is 11.3 Å². The third-order valence-corrected chi connectivity index (χ3v) is 7.70. The quantitative estimate of drug-likeness (QED) is 0.272. The Balaban J connectivity index is 1.59. The lowest BCUT2D eigenvalue weighted by molar-refractivity contribution is -0.0679. The maximum atomic E-state index is 16.0. The molecule has 1 N–H and O–H groups in total. The van der Waals surface area contributed by atoms with Gasteiger partial charge in [-0.15, -0.1) is 0 Å². The van der Waals surface area contributed by atoms with Crippen molar-refractivity contribution in [1.82, 2.24) is 14.9 Å². The van der Waals surface area contributed by atoms with Crippen molar-refractivity contribution >= 4 is 21.7 Å². The maximum absolute atomic E-state index is 16.0. The highest BCUT2D eigenvalue weighted by Gasteiger charge is 2.44. The summed E-state index contributed by atoms with van der Waals surface area (Å²) in [5.41, 5.74) is -1.39. The Morgan fingerprint density at radius 3 is 2.62 bits per heavy atom. The lowest BCUT2D eigenvalue weighted by Crippen LogP contribution is -2.51. The lowest BCUT2D eigenvalue weighted by Gasteiger charge is -2.44. The highest BCUT2D eigenvalue weighted by Crippen LogP contribution is 2.41. The number of hydrogen-bond donors (Lipinski definition) is 1. The number of ether oxygens (including phenoxy) is 1. The smallest absolute Gasteiger partial charge is 0.317 e. The molecule has 0 radical (unpaired) electrons. The van der Waals surface area contributed by atoms with Crippen LogP contribution in [0.25, 0.3) is 32.8 Å². The van der Waals surface area contributed by atoms with E-state index in [1.807, 2.05) is 11.9 Å². The van der Waals surface area contributed by atoms with Crippen LogP contribution >= 0.6 is 0 Å². The Morgan fingerprint density at radius 1 is 1.13 bits per heavy atom. The van der Waals surface area contributed by atoms with Gasteiger partial charge in [-0.1, -0.05) is 19.9 Å². The summed E-state index contributed by atoms with van der Waals surface area (Å²) in [4.78, 5) is 10.1. The van der Waals surface area contributed by atoms with Crippen LogP contribution in [0, 0.1) is 28.8 Å². The summed E-state index contributed by atoms with van der Waals surface area (Å²) in [5.74, 6) is -3.63. The molecule has 1 aliphatic heterocycles. The van der Waals surface area contributed by atoms with Crippen LogP contribution in [0.5, 0.6) is 11.8 Å². The number of rotatable bonds is 6. The fourth-order valence-corrected chi connectivity index (χ4v) is 5.78. The SMILES string of the molecule is CCc1c(F)ccc2cc(O)cc(-c3c(F)cc4cnc(OC[C@]5(C)CN(C)CC[C@@H]5C(F)F)nc4c3F)c12. The molecule has 0 saturated carbocycles. The van der Waals surface area contributed by atoms with Crippen LogP contribution in [0.1, 0.15) is 25.8 Å². The lowest BCUT2D eigenvalue weighted by atomic mass is 9.73. The number of phenols is 1. The van der Waals surface area contributed by atoms with Gasteiger partial charge < -0.3 is 14.7 Å². The molecule has 1 saturated heterocycles. The molecule has 0 amide bonds. The predicted octanol–water partition coefficient (Wildman–Crippen LogP) is 6.74. The minimum Gasteiger partial charge on any atom is -0.508 e. The fourth-order valence-electron chi connectivity index (χ4n) is 5.78. The van der Waals surface area contributed by atoms with E-state index >= 15 is 8.78 Å². The Hall–Kier alpha value is -3.53. The van der Waals surface area contributed by atoms with E-state index in [4.69, 9.17) is 4.74 Å². The van der Waals surface area contributed by atoms with Gasteiger partial charge in [0.2, 0.25) is 6.43 Å². The van der Waals surface area contributed by atoms with Crippen molar-refractivity contribution < 1.29 is 31.8 Å². The number of benzene rings is 3. The molecule has 0 aliphatic carbocycles. The number of aryl methyl sites for hydroxylation is 1. The first-order valence-electron chi connectivity index (χ1n) is 12.7. The van der Waals surface area contributed by atoms with Crippen molar-refractivity contribution in [3.8, 4) is 22.9 Å². The topological polar surface area (TPSA) is 58.5 Å². The van der Waals surface area contributed by atoms with Crippen LogP contribution < -0.4 is 4.74 Å². The molecule has 2 heterocycles. The standard InChI is InChI=1S/C29H28F5N3O2/c1-4-18-21(30)6-5-15-9-17(38)11-19(23(15)18)24-22(31)10-16-12-35-28(36-26(16)25(24)32)39-14-29(2)13-37(3)8-7-20(29)27(33)34/h5-6,9-12,20,27,38H,4,7-8,13-14H2,1-3H3/t20-,29+/m1/s1. The van der Waals surface area contributed by atoms with Crippen molar-refractivity contribution in [3.63, 3.8) is 0 Å². The van der Waals surface area contributed by atoms with Crippen molar-refractivity contribution in [1.29, 1.82) is 0 Å². The summed E-state index contributed by atoms with van der Waals surface area (Å²) in [6, 6.07) is 6.10. The van der Waals surface area contributed by atoms with Crippen LogP contribution in [0.3, 0.4) is 0 Å². The summed E-state index contributed by atoms with van der Waals surface area (Å²) in [6.45, 7) is 4.24. The van der Waals surface area contributed by atoms with Gasteiger partial charge in [-0.25, -0.2) is 26.9 Å². The number of piperidine rings is 1. The van der Waals surface area contributed by atoms with E-state index in [0.29, 0.717) is 24.9 Å². The van der Waals surface area contributed by atoms with Gasteiger partial charge in [-0.05, 0) is 72.6 Å². The molecule has 2 atom stereocenters. The maximum Gasteiger partial charge on any atom is 0.317 e. The van der Waals surface area contributed by atoms with Crippen molar-refractivity contribution in [2.75, 3.05) is 26.7 Å². The Bertz CT molecular complexity index is 1560. The highest BCUT2D eigenvalue weighted by atomic mass is 19.3. The molecule has 1 aromatic heterocycles. The number of nitrogens with zero attached hydrogens (tertiary/aromatic N) is 3. The van der Waals surface area contributed by atoms with Crippen molar-refractivity contribution in [2.45, 2.75) is 33.1 Å². The first kappa shape index (κ1) is 27.1. The Kier molecular flexibility index (Phi) is 7.09. The summed E-state index contributed by atoms with van der Waals surface area (Å²) in [5, 5.41) is 11.1. The zero-order valence-corrected chi connectivity index (χ0v) is 21.7. The molecule has 39 heavy (non-hydrogen) atoms. The second-order valence-corrected chi connectivity index (χ2v) is 10.5. The van der Waals surface area contributed by atoms with E-state index in [1.165, 1.54) is 30.5 Å². The summed E-state index contributed by atoms with van der Waals surface area (Å²) < 4.78 is 79.3. The molecule has 206 valence electrons. The number of hydrogen-bond acceptors (Lipinski definition) is 5. The minimum atomic E-state index is -2.53. The molecular weight excluding hydrogens is 517 g/mol. The molecule has 0 bridgehead atoms. The molecule has 1 aliphatic rings. The number of aromatic nitrogens is 2. The van der Waals surface area contributed by atoms with Gasteiger partial charge in [-0.3, -0.25) is 0 Å². The van der Waals surface area contributed by atoms with Gasteiger partial charge in [0.05, 0.1) is 12.2 Å². The average molecular weight is 546 g/mol. The van der Waals surface area contributed by atoms with Crippen LogP contribution in [0.4, 0.5) is 22.0 Å². The Morgan fingerprint density at radius 2 is 1.90 bits per heavy atom. The number of aromatic hydroxyl groups is 1. The molecule has 3 aromatic carbocycles. The number of fused-ring (bicyclic) bond motifs is 2. The van der Waals surface area contributed by atoms with Gasteiger partial charge in [0.15, 0.2) is 5.82 Å². The zero-order valence-electron chi connectivity index (χ0n) is 21.7. The molecule has 0 unspecified atom stereocenters. The number of halogens is 5. The number of likely N-dealkylation sites (tertiary alicyclic amines) is 1.